The van der Waals surface area contributed by atoms with Gasteiger partial charge in [0.1, 0.15) is 0 Å². The average molecular weight is 431 g/mol. The number of nitrogens with zero attached hydrogens (tertiary/aromatic N) is 3. The first kappa shape index (κ1) is 25.0. The number of amides is 1. The lowest BCUT2D eigenvalue weighted by Crippen LogP contribution is -2.39. The Balaban J connectivity index is 1.61. The molecule has 174 valence electrons. The minimum atomic E-state index is -0.137. The summed E-state index contributed by atoms with van der Waals surface area (Å²) in [4.78, 5) is 20.8. The molecular weight excluding hydrogens is 388 g/mol. The maximum absolute atomic E-state index is 11.3. The Morgan fingerprint density at radius 2 is 1.87 bits per heavy atom. The molecule has 0 atom stereocenters. The van der Waals surface area contributed by atoms with E-state index in [1.54, 1.807) is 0 Å². The van der Waals surface area contributed by atoms with Gasteiger partial charge in [0.05, 0.1) is 0 Å². The van der Waals surface area contributed by atoms with Crippen LogP contribution in [0.1, 0.15) is 46.0 Å². The third kappa shape index (κ3) is 9.59. The highest BCUT2D eigenvalue weighted by atomic mass is 16.1. The number of rotatable bonds is 13. The number of carbonyl (C=O) groups is 1. The molecule has 4 N–H and O–H groups in total. The van der Waals surface area contributed by atoms with Crippen LogP contribution in [0.15, 0.2) is 35.3 Å². The van der Waals surface area contributed by atoms with Crippen LogP contribution in [0.25, 0.3) is 0 Å². The molecule has 31 heavy (non-hydrogen) atoms. The molecule has 1 heterocycles. The van der Waals surface area contributed by atoms with Crippen LogP contribution in [0.2, 0.25) is 0 Å². The number of benzene rings is 1. The summed E-state index contributed by atoms with van der Waals surface area (Å²) in [7, 11) is 0. The first-order valence-electron chi connectivity index (χ1n) is 12.0. The van der Waals surface area contributed by atoms with Crippen LogP contribution in [0.4, 0.5) is 5.69 Å². The summed E-state index contributed by atoms with van der Waals surface area (Å²) < 4.78 is 0. The maximum atomic E-state index is 11.3. The van der Waals surface area contributed by atoms with Gasteiger partial charge in [-0.2, -0.15) is 0 Å². The second-order valence-corrected chi connectivity index (χ2v) is 8.18. The summed E-state index contributed by atoms with van der Waals surface area (Å²) in [5.41, 5.74) is 6.69. The van der Waals surface area contributed by atoms with Gasteiger partial charge in [-0.1, -0.05) is 18.2 Å². The smallest absolute Gasteiger partial charge is 0.220 e. The quantitative estimate of drug-likeness (QED) is 0.254. The van der Waals surface area contributed by atoms with Gasteiger partial charge in [-0.25, -0.2) is 0 Å². The van der Waals surface area contributed by atoms with E-state index in [-0.39, 0.29) is 11.8 Å². The third-order valence-corrected chi connectivity index (χ3v) is 5.89. The topological polar surface area (TPSA) is 86.0 Å². The van der Waals surface area contributed by atoms with Crippen LogP contribution in [0.3, 0.4) is 0 Å². The van der Waals surface area contributed by atoms with E-state index < -0.39 is 0 Å². The van der Waals surface area contributed by atoms with E-state index in [0.29, 0.717) is 0 Å². The summed E-state index contributed by atoms with van der Waals surface area (Å²) >= 11 is 0. The van der Waals surface area contributed by atoms with E-state index in [0.717, 1.165) is 90.4 Å². The molecular formula is C24H42N6O. The van der Waals surface area contributed by atoms with Crippen LogP contribution in [-0.2, 0) is 4.79 Å². The first-order chi connectivity index (χ1) is 15.1. The second-order valence-electron chi connectivity index (χ2n) is 8.18. The lowest BCUT2D eigenvalue weighted by Gasteiger charge is -2.30. The Labute approximate surface area is 188 Å². The average Bonchev–Trinajstić information content (AvgIpc) is 2.79. The molecule has 1 saturated heterocycles. The lowest BCUT2D eigenvalue weighted by atomic mass is 9.96. The molecule has 0 aliphatic carbocycles. The van der Waals surface area contributed by atoms with Gasteiger partial charge >= 0.3 is 0 Å². The monoisotopic (exact) mass is 430 g/mol. The molecule has 0 unspecified atom stereocenters. The highest BCUT2D eigenvalue weighted by Gasteiger charge is 2.22. The van der Waals surface area contributed by atoms with Crippen LogP contribution in [0, 0.1) is 5.92 Å². The molecule has 1 fully saturated rings. The van der Waals surface area contributed by atoms with Crippen molar-refractivity contribution in [1.82, 2.24) is 15.5 Å². The zero-order valence-corrected chi connectivity index (χ0v) is 19.5. The fraction of sp³-hybridized carbons (Fsp3) is 0.667. The molecule has 1 aromatic carbocycles. The summed E-state index contributed by atoms with van der Waals surface area (Å²) in [6.07, 6.45) is 5.10. The minimum absolute atomic E-state index is 0.0777. The molecule has 7 heteroatoms. The van der Waals surface area contributed by atoms with E-state index >= 15 is 0 Å². The molecule has 1 aliphatic rings. The molecule has 0 bridgehead atoms. The molecule has 1 aliphatic heterocycles. The number of guanidine groups is 1. The molecule has 0 saturated carbocycles. The lowest BCUT2D eigenvalue weighted by molar-refractivity contribution is -0.123. The number of para-hydroxylation sites is 1. The Morgan fingerprint density at radius 1 is 1.13 bits per heavy atom. The molecule has 2 rings (SSSR count). The minimum Gasteiger partial charge on any atom is -0.372 e. The van der Waals surface area contributed by atoms with Crippen molar-refractivity contribution in [2.75, 3.05) is 57.3 Å². The van der Waals surface area contributed by atoms with E-state index in [2.05, 4.69) is 64.6 Å². The van der Waals surface area contributed by atoms with Crippen molar-refractivity contribution >= 4 is 17.6 Å². The zero-order valence-electron chi connectivity index (χ0n) is 19.5. The van der Waals surface area contributed by atoms with Crippen LogP contribution in [0.5, 0.6) is 0 Å². The van der Waals surface area contributed by atoms with Gasteiger partial charge in [0.25, 0.3) is 0 Å². The maximum Gasteiger partial charge on any atom is 0.220 e. The molecule has 1 amide bonds. The molecule has 1 aromatic rings. The van der Waals surface area contributed by atoms with E-state index in [1.807, 2.05) is 0 Å². The summed E-state index contributed by atoms with van der Waals surface area (Å²) in [6, 6.07) is 10.6. The number of hydrogen-bond donors (Lipinski definition) is 3. The van der Waals surface area contributed by atoms with Crippen molar-refractivity contribution in [1.29, 1.82) is 0 Å². The highest BCUT2D eigenvalue weighted by molar-refractivity contribution is 5.79. The van der Waals surface area contributed by atoms with Gasteiger partial charge in [0, 0.05) is 44.3 Å². The van der Waals surface area contributed by atoms with Crippen LogP contribution < -0.4 is 21.3 Å². The number of hydrogen-bond acceptors (Lipinski definition) is 4. The summed E-state index contributed by atoms with van der Waals surface area (Å²) in [6.45, 7) is 12.0. The van der Waals surface area contributed by atoms with Crippen molar-refractivity contribution in [3.63, 3.8) is 0 Å². The summed E-state index contributed by atoms with van der Waals surface area (Å²) in [5, 5.41) is 6.80. The third-order valence-electron chi connectivity index (χ3n) is 5.89. The van der Waals surface area contributed by atoms with Gasteiger partial charge in [-0.05, 0) is 77.7 Å². The molecule has 0 radical (unpaired) electrons. The normalized spacial score (nSPS) is 15.6. The van der Waals surface area contributed by atoms with Gasteiger partial charge in [-0.3, -0.25) is 9.79 Å². The predicted molar refractivity (Wildman–Crippen MR) is 131 cm³/mol. The van der Waals surface area contributed by atoms with Crippen molar-refractivity contribution in [2.24, 2.45) is 16.6 Å². The number of likely N-dealkylation sites (tertiary alicyclic amines) is 1. The standard InChI is InChI=1S/C24H42N6O/c1-3-26-24(28-16-10-18-30(4-2)22-11-6-5-7-12-22)27-15-8-9-17-29-19-13-21(14-20-29)23(25)31/h5-7,11-12,21H,3-4,8-10,13-20H2,1-2H3,(H2,25,31)(H2,26,27,28). The number of nitrogens with one attached hydrogen (secondary N) is 2. The molecule has 0 spiro atoms. The Bertz CT molecular complexity index is 643. The Morgan fingerprint density at radius 3 is 2.52 bits per heavy atom. The fourth-order valence-electron chi connectivity index (χ4n) is 4.01. The van der Waals surface area contributed by atoms with Gasteiger partial charge in [0.2, 0.25) is 5.91 Å². The van der Waals surface area contributed by atoms with E-state index in [9.17, 15) is 4.79 Å². The number of aliphatic imine (C=N–C) groups is 1. The second kappa shape index (κ2) is 14.7. The number of unbranched alkanes of at least 4 members (excludes halogenated alkanes) is 1. The molecule has 0 aromatic heterocycles. The Hall–Kier alpha value is -2.28. The van der Waals surface area contributed by atoms with E-state index in [1.165, 1.54) is 5.69 Å². The molecule has 7 nitrogen and oxygen atoms in total. The van der Waals surface area contributed by atoms with Gasteiger partial charge in [0.15, 0.2) is 5.96 Å². The van der Waals surface area contributed by atoms with Crippen molar-refractivity contribution in [3.8, 4) is 0 Å². The van der Waals surface area contributed by atoms with Gasteiger partial charge in [-0.15, -0.1) is 0 Å². The zero-order chi connectivity index (χ0) is 22.3. The van der Waals surface area contributed by atoms with Crippen LogP contribution in [-0.4, -0.2) is 69.1 Å². The van der Waals surface area contributed by atoms with Crippen molar-refractivity contribution < 1.29 is 4.79 Å². The van der Waals surface area contributed by atoms with Crippen molar-refractivity contribution in [3.05, 3.63) is 30.3 Å². The SMILES string of the molecule is CCNC(=NCCCN(CC)c1ccccc1)NCCCCN1CCC(C(N)=O)CC1. The number of piperidine rings is 1. The predicted octanol–water partition coefficient (Wildman–Crippen LogP) is 2.44. The number of anilines is 1. The fourth-order valence-corrected chi connectivity index (χ4v) is 4.01. The highest BCUT2D eigenvalue weighted by Crippen LogP contribution is 2.16. The van der Waals surface area contributed by atoms with Gasteiger partial charge < -0.3 is 26.2 Å². The van der Waals surface area contributed by atoms with Crippen LogP contribution >= 0.6 is 0 Å². The number of primary amides is 1. The van der Waals surface area contributed by atoms with Crippen molar-refractivity contribution in [2.45, 2.75) is 46.0 Å². The number of nitrogens with two attached hydrogens (primary N) is 1. The summed E-state index contributed by atoms with van der Waals surface area (Å²) in [5.74, 6) is 0.850. The largest absolute Gasteiger partial charge is 0.372 e. The first-order valence-corrected chi connectivity index (χ1v) is 12.0. The Kier molecular flexibility index (Phi) is 11.8. The van der Waals surface area contributed by atoms with E-state index in [4.69, 9.17) is 10.7 Å². The number of carbonyl (C=O) groups excluding carboxylic acids is 1.